The van der Waals surface area contributed by atoms with E-state index in [-0.39, 0.29) is 5.56 Å². The summed E-state index contributed by atoms with van der Waals surface area (Å²) in [7, 11) is 0. The van der Waals surface area contributed by atoms with Crippen LogP contribution in [0.4, 0.5) is 0 Å². The summed E-state index contributed by atoms with van der Waals surface area (Å²) in [6.45, 7) is 2.24. The van der Waals surface area contributed by atoms with E-state index in [4.69, 9.17) is 10.5 Å². The summed E-state index contributed by atoms with van der Waals surface area (Å²) in [4.78, 5) is 16.8. The summed E-state index contributed by atoms with van der Waals surface area (Å²) in [5.41, 5.74) is 6.10. The second-order valence-electron chi connectivity index (χ2n) is 6.31. The Hall–Kier alpha value is -1.92. The molecule has 0 atom stereocenters. The van der Waals surface area contributed by atoms with Crippen molar-refractivity contribution in [3.05, 3.63) is 34.6 Å². The van der Waals surface area contributed by atoms with Crippen LogP contribution in [0.2, 0.25) is 0 Å². The zero-order valence-electron chi connectivity index (χ0n) is 14.0. The van der Waals surface area contributed by atoms with Crippen LogP contribution in [-0.2, 0) is 6.54 Å². The van der Waals surface area contributed by atoms with Crippen LogP contribution in [0, 0.1) is 0 Å². The Morgan fingerprint density at radius 2 is 2.00 bits per heavy atom. The van der Waals surface area contributed by atoms with E-state index in [2.05, 4.69) is 10.3 Å². The highest BCUT2D eigenvalue weighted by Crippen LogP contribution is 2.17. The Kier molecular flexibility index (Phi) is 5.82. The van der Waals surface area contributed by atoms with Crippen molar-refractivity contribution in [1.82, 2.24) is 14.9 Å². The van der Waals surface area contributed by atoms with Gasteiger partial charge in [-0.2, -0.15) is 4.98 Å². The molecule has 1 fully saturated rings. The van der Waals surface area contributed by atoms with E-state index in [0.717, 1.165) is 11.9 Å². The van der Waals surface area contributed by atoms with Gasteiger partial charge in [-0.15, -0.1) is 0 Å². The quantitative estimate of drug-likeness (QED) is 0.807. The molecule has 0 saturated heterocycles. The molecule has 1 aliphatic rings. The second-order valence-corrected chi connectivity index (χ2v) is 6.31. The molecule has 3 N–H and O–H groups in total. The molecule has 2 aromatic rings. The van der Waals surface area contributed by atoms with Crippen LogP contribution >= 0.6 is 0 Å². The Balaban J connectivity index is 1.74. The molecule has 1 aliphatic carbocycles. The molecule has 24 heavy (non-hydrogen) atoms. The Morgan fingerprint density at radius 1 is 1.21 bits per heavy atom. The largest absolute Gasteiger partial charge is 0.476 e. The van der Waals surface area contributed by atoms with E-state index in [9.17, 15) is 4.79 Å². The zero-order valence-corrected chi connectivity index (χ0v) is 14.0. The Labute approximate surface area is 142 Å². The predicted molar refractivity (Wildman–Crippen MR) is 95.4 cm³/mol. The SMILES string of the molecule is NCCOc1ccc2ccc(=O)n(CCNC3CCCCC3)c2n1. The number of pyridine rings is 2. The standard InChI is InChI=1S/C18H26N4O2/c19-10-13-24-16-8-6-14-7-9-17(23)22(18(14)21-16)12-11-20-15-4-2-1-3-5-15/h6-9,15,20H,1-5,10-13,19H2. The third kappa shape index (κ3) is 4.13. The summed E-state index contributed by atoms with van der Waals surface area (Å²) in [6.07, 6.45) is 6.42. The van der Waals surface area contributed by atoms with Gasteiger partial charge in [0.25, 0.3) is 5.56 Å². The molecular weight excluding hydrogens is 304 g/mol. The molecule has 6 nitrogen and oxygen atoms in total. The summed E-state index contributed by atoms with van der Waals surface area (Å²) in [5.74, 6) is 0.507. The van der Waals surface area contributed by atoms with Gasteiger partial charge in [0, 0.05) is 43.2 Å². The minimum atomic E-state index is -0.0311. The van der Waals surface area contributed by atoms with Gasteiger partial charge in [0.2, 0.25) is 5.88 Å². The summed E-state index contributed by atoms with van der Waals surface area (Å²) >= 11 is 0. The first kappa shape index (κ1) is 16.9. The van der Waals surface area contributed by atoms with Crippen molar-refractivity contribution in [3.63, 3.8) is 0 Å². The van der Waals surface area contributed by atoms with Crippen LogP contribution < -0.4 is 21.3 Å². The van der Waals surface area contributed by atoms with Gasteiger partial charge in [0.15, 0.2) is 0 Å². The first-order valence-electron chi connectivity index (χ1n) is 8.85. The van der Waals surface area contributed by atoms with Crippen molar-refractivity contribution >= 4 is 11.0 Å². The van der Waals surface area contributed by atoms with Gasteiger partial charge in [0.05, 0.1) is 0 Å². The van der Waals surface area contributed by atoms with Gasteiger partial charge in [-0.05, 0) is 25.0 Å². The molecule has 0 aromatic carbocycles. The van der Waals surface area contributed by atoms with Crippen molar-refractivity contribution in [2.45, 2.75) is 44.7 Å². The van der Waals surface area contributed by atoms with Crippen molar-refractivity contribution < 1.29 is 4.74 Å². The molecule has 0 bridgehead atoms. The summed E-state index contributed by atoms with van der Waals surface area (Å²) < 4.78 is 7.21. The zero-order chi connectivity index (χ0) is 16.8. The van der Waals surface area contributed by atoms with Crippen LogP contribution in [0.25, 0.3) is 11.0 Å². The maximum absolute atomic E-state index is 12.3. The van der Waals surface area contributed by atoms with Crippen LogP contribution in [0.15, 0.2) is 29.1 Å². The molecule has 0 amide bonds. The highest BCUT2D eigenvalue weighted by Gasteiger charge is 2.13. The summed E-state index contributed by atoms with van der Waals surface area (Å²) in [6, 6.07) is 7.74. The lowest BCUT2D eigenvalue weighted by atomic mass is 9.95. The molecule has 2 aromatic heterocycles. The first-order chi connectivity index (χ1) is 11.8. The molecule has 0 unspecified atom stereocenters. The maximum Gasteiger partial charge on any atom is 0.252 e. The van der Waals surface area contributed by atoms with Crippen molar-refractivity contribution in [3.8, 4) is 5.88 Å². The monoisotopic (exact) mass is 330 g/mol. The molecule has 0 spiro atoms. The molecule has 0 aliphatic heterocycles. The van der Waals surface area contributed by atoms with E-state index >= 15 is 0 Å². The average molecular weight is 330 g/mol. The fourth-order valence-corrected chi connectivity index (χ4v) is 3.29. The van der Waals surface area contributed by atoms with Gasteiger partial charge in [-0.1, -0.05) is 19.3 Å². The summed E-state index contributed by atoms with van der Waals surface area (Å²) in [5, 5.41) is 4.51. The third-order valence-electron chi connectivity index (χ3n) is 4.55. The van der Waals surface area contributed by atoms with Crippen molar-refractivity contribution in [1.29, 1.82) is 0 Å². The first-order valence-corrected chi connectivity index (χ1v) is 8.85. The Morgan fingerprint density at radius 3 is 2.79 bits per heavy atom. The van der Waals surface area contributed by atoms with E-state index in [1.165, 1.54) is 32.1 Å². The lowest BCUT2D eigenvalue weighted by molar-refractivity contribution is 0.316. The van der Waals surface area contributed by atoms with Gasteiger partial charge < -0.3 is 15.8 Å². The second kappa shape index (κ2) is 8.26. The number of aromatic nitrogens is 2. The predicted octanol–water partition coefficient (Wildman–Crippen LogP) is 1.66. The average Bonchev–Trinajstić information content (AvgIpc) is 2.62. The van der Waals surface area contributed by atoms with Crippen molar-refractivity contribution in [2.75, 3.05) is 19.7 Å². The van der Waals surface area contributed by atoms with E-state index in [1.54, 1.807) is 10.6 Å². The van der Waals surface area contributed by atoms with E-state index < -0.39 is 0 Å². The van der Waals surface area contributed by atoms with Gasteiger partial charge in [-0.3, -0.25) is 9.36 Å². The van der Waals surface area contributed by atoms with E-state index in [0.29, 0.717) is 37.3 Å². The third-order valence-corrected chi connectivity index (χ3v) is 4.55. The van der Waals surface area contributed by atoms with Crippen LogP contribution in [0.3, 0.4) is 0 Å². The smallest absolute Gasteiger partial charge is 0.252 e. The molecule has 1 saturated carbocycles. The number of nitrogens with zero attached hydrogens (tertiary/aromatic N) is 2. The number of hydrogen-bond donors (Lipinski definition) is 2. The lowest BCUT2D eigenvalue weighted by Crippen LogP contribution is -2.35. The van der Waals surface area contributed by atoms with Gasteiger partial charge >= 0.3 is 0 Å². The number of rotatable bonds is 7. The molecule has 2 heterocycles. The number of hydrogen-bond acceptors (Lipinski definition) is 5. The van der Waals surface area contributed by atoms with Gasteiger partial charge in [-0.25, -0.2) is 0 Å². The minimum Gasteiger partial charge on any atom is -0.476 e. The lowest BCUT2D eigenvalue weighted by Gasteiger charge is -2.23. The van der Waals surface area contributed by atoms with Crippen LogP contribution in [0.5, 0.6) is 5.88 Å². The molecule has 3 rings (SSSR count). The number of nitrogens with one attached hydrogen (secondary N) is 1. The number of fused-ring (bicyclic) bond motifs is 1. The molecular formula is C18H26N4O2. The molecule has 6 heteroatoms. The highest BCUT2D eigenvalue weighted by molar-refractivity contribution is 5.75. The van der Waals surface area contributed by atoms with Crippen LogP contribution in [-0.4, -0.2) is 35.3 Å². The van der Waals surface area contributed by atoms with Crippen molar-refractivity contribution in [2.24, 2.45) is 5.73 Å². The topological polar surface area (TPSA) is 82.2 Å². The minimum absolute atomic E-state index is 0.0311. The fourth-order valence-electron chi connectivity index (χ4n) is 3.29. The van der Waals surface area contributed by atoms with Gasteiger partial charge in [0.1, 0.15) is 12.3 Å². The Bertz CT molecular complexity index is 723. The fraction of sp³-hybridized carbons (Fsp3) is 0.556. The number of ether oxygens (including phenoxy) is 1. The molecule has 0 radical (unpaired) electrons. The van der Waals surface area contributed by atoms with E-state index in [1.807, 2.05) is 18.2 Å². The maximum atomic E-state index is 12.3. The molecule has 130 valence electrons. The normalized spacial score (nSPS) is 15.7. The van der Waals surface area contributed by atoms with Crippen LogP contribution in [0.1, 0.15) is 32.1 Å². The highest BCUT2D eigenvalue weighted by atomic mass is 16.5. The number of nitrogens with two attached hydrogens (primary N) is 1.